The molecule has 1 aromatic carbocycles. The molecule has 0 saturated carbocycles. The average molecular weight is 468 g/mol. The summed E-state index contributed by atoms with van der Waals surface area (Å²) in [4.78, 5) is 40.3. The first kappa shape index (κ1) is 22.3. The molecule has 3 aromatic heterocycles. The number of hydrogen-bond donors (Lipinski definition) is 2. The molecule has 0 atom stereocenters. The van der Waals surface area contributed by atoms with Gasteiger partial charge in [-0.2, -0.15) is 0 Å². The van der Waals surface area contributed by atoms with Crippen molar-refractivity contribution in [3.05, 3.63) is 64.8 Å². The van der Waals surface area contributed by atoms with Crippen LogP contribution in [0.4, 0.5) is 15.9 Å². The molecular formula is C23H19ClFN5O3. The smallest absolute Gasteiger partial charge is 0.379 e. The summed E-state index contributed by atoms with van der Waals surface area (Å²) >= 11 is 6.04. The number of ether oxygens (including phenoxy) is 1. The first-order valence-electron chi connectivity index (χ1n) is 9.98. The molecule has 0 aliphatic heterocycles. The zero-order valence-electron chi connectivity index (χ0n) is 17.9. The number of methoxy groups -OCH3 is 1. The van der Waals surface area contributed by atoms with Crippen LogP contribution >= 0.6 is 11.6 Å². The Morgan fingerprint density at radius 1 is 1.21 bits per heavy atom. The van der Waals surface area contributed by atoms with Crippen LogP contribution in [0.15, 0.2) is 42.9 Å². The van der Waals surface area contributed by atoms with E-state index in [1.165, 1.54) is 24.4 Å². The fourth-order valence-electron chi connectivity index (χ4n) is 3.38. The highest BCUT2D eigenvalue weighted by atomic mass is 35.5. The Hall–Kier alpha value is -3.85. The number of anilines is 2. The van der Waals surface area contributed by atoms with Crippen molar-refractivity contribution in [3.63, 3.8) is 0 Å². The van der Waals surface area contributed by atoms with E-state index in [2.05, 4.69) is 30.0 Å². The van der Waals surface area contributed by atoms with E-state index in [4.69, 9.17) is 11.6 Å². The van der Waals surface area contributed by atoms with Crippen LogP contribution in [0.2, 0.25) is 5.02 Å². The average Bonchev–Trinajstić information content (AvgIpc) is 3.24. The second-order valence-electron chi connectivity index (χ2n) is 7.51. The van der Waals surface area contributed by atoms with Gasteiger partial charge in [0.25, 0.3) is 5.78 Å². The van der Waals surface area contributed by atoms with Crippen molar-refractivity contribution in [1.29, 1.82) is 0 Å². The van der Waals surface area contributed by atoms with Gasteiger partial charge in [-0.05, 0) is 30.2 Å². The van der Waals surface area contributed by atoms with Crippen molar-refractivity contribution in [2.45, 2.75) is 19.8 Å². The largest absolute Gasteiger partial charge is 0.463 e. The number of halogens is 2. The molecule has 8 nitrogen and oxygen atoms in total. The molecule has 10 heteroatoms. The standard InChI is InChI=1S/C23H19ClFN5O3/c1-11(2)14-9-27-20(13-8-12(24)4-5-16(13)25)30-21(14)29-17-6-7-26-22-18(17)15(10-28-22)19(31)23(32)33-3/h4-11H,1-3H3,(H2,26,27,28,29,30). The molecule has 0 aliphatic rings. The Morgan fingerprint density at radius 3 is 2.73 bits per heavy atom. The van der Waals surface area contributed by atoms with E-state index in [9.17, 15) is 14.0 Å². The van der Waals surface area contributed by atoms with Gasteiger partial charge in [0.2, 0.25) is 0 Å². The lowest BCUT2D eigenvalue weighted by atomic mass is 10.0. The topological polar surface area (TPSA) is 110 Å². The Kier molecular flexibility index (Phi) is 6.06. The number of esters is 1. The summed E-state index contributed by atoms with van der Waals surface area (Å²) in [5.74, 6) is -1.72. The molecule has 0 unspecified atom stereocenters. The van der Waals surface area contributed by atoms with Crippen LogP contribution in [-0.4, -0.2) is 38.8 Å². The number of ketones is 1. The Bertz CT molecular complexity index is 1390. The van der Waals surface area contributed by atoms with Gasteiger partial charge in [-0.15, -0.1) is 0 Å². The third-order valence-electron chi connectivity index (χ3n) is 5.05. The second kappa shape index (κ2) is 8.95. The van der Waals surface area contributed by atoms with Gasteiger partial charge in [-0.25, -0.2) is 24.1 Å². The second-order valence-corrected chi connectivity index (χ2v) is 7.94. The van der Waals surface area contributed by atoms with Crippen molar-refractivity contribution >= 4 is 45.9 Å². The minimum atomic E-state index is -0.991. The number of Topliss-reactive ketones (excluding diaryl/α,β-unsaturated/α-hetero) is 1. The molecule has 0 radical (unpaired) electrons. The number of H-pyrrole nitrogens is 1. The van der Waals surface area contributed by atoms with Gasteiger partial charge in [0.15, 0.2) is 5.82 Å². The summed E-state index contributed by atoms with van der Waals surface area (Å²) in [5, 5.41) is 3.96. The third-order valence-corrected chi connectivity index (χ3v) is 5.29. The Balaban J connectivity index is 1.85. The maximum atomic E-state index is 14.4. The number of pyridine rings is 1. The first-order chi connectivity index (χ1) is 15.8. The molecule has 2 N–H and O–H groups in total. The van der Waals surface area contributed by atoms with Gasteiger partial charge in [-0.3, -0.25) is 4.79 Å². The van der Waals surface area contributed by atoms with Crippen LogP contribution in [0.25, 0.3) is 22.4 Å². The summed E-state index contributed by atoms with van der Waals surface area (Å²) in [5.41, 5.74) is 1.90. The number of carbonyl (C=O) groups is 2. The molecule has 0 aliphatic carbocycles. The number of nitrogens with zero attached hydrogens (tertiary/aromatic N) is 3. The van der Waals surface area contributed by atoms with Crippen molar-refractivity contribution in [3.8, 4) is 11.4 Å². The summed E-state index contributed by atoms with van der Waals surface area (Å²) in [6.45, 7) is 3.93. The van der Waals surface area contributed by atoms with Crippen LogP contribution in [0.3, 0.4) is 0 Å². The normalized spacial score (nSPS) is 11.1. The summed E-state index contributed by atoms with van der Waals surface area (Å²) in [6.07, 6.45) is 4.56. The summed E-state index contributed by atoms with van der Waals surface area (Å²) in [7, 11) is 1.14. The summed E-state index contributed by atoms with van der Waals surface area (Å²) < 4.78 is 19.0. The minimum Gasteiger partial charge on any atom is -0.463 e. The van der Waals surface area contributed by atoms with E-state index in [0.29, 0.717) is 27.6 Å². The molecule has 168 valence electrons. The van der Waals surface area contributed by atoms with Crippen LogP contribution in [0.1, 0.15) is 35.7 Å². The SMILES string of the molecule is COC(=O)C(=O)c1c[nH]c2nccc(Nc3nc(-c4cc(Cl)ccc4F)ncc3C(C)C)c12. The van der Waals surface area contributed by atoms with Crippen LogP contribution in [-0.2, 0) is 9.53 Å². The van der Waals surface area contributed by atoms with Crippen LogP contribution < -0.4 is 5.32 Å². The summed E-state index contributed by atoms with van der Waals surface area (Å²) in [6, 6.07) is 5.80. The molecule has 0 spiro atoms. The Morgan fingerprint density at radius 2 is 2.00 bits per heavy atom. The molecular weight excluding hydrogens is 449 g/mol. The van der Waals surface area contributed by atoms with Gasteiger partial charge in [0.1, 0.15) is 17.3 Å². The van der Waals surface area contributed by atoms with Crippen LogP contribution in [0, 0.1) is 5.82 Å². The zero-order chi connectivity index (χ0) is 23.7. The maximum absolute atomic E-state index is 14.4. The minimum absolute atomic E-state index is 0.0329. The molecule has 0 fully saturated rings. The number of aromatic nitrogens is 4. The quantitative estimate of drug-likeness (QED) is 0.232. The van der Waals surface area contributed by atoms with Crippen molar-refractivity contribution in [2.75, 3.05) is 12.4 Å². The lowest BCUT2D eigenvalue weighted by molar-refractivity contribution is -0.135. The van der Waals surface area contributed by atoms with E-state index in [1.807, 2.05) is 13.8 Å². The zero-order valence-corrected chi connectivity index (χ0v) is 18.7. The van der Waals surface area contributed by atoms with Crippen molar-refractivity contribution < 1.29 is 18.7 Å². The van der Waals surface area contributed by atoms with Gasteiger partial charge in [-0.1, -0.05) is 25.4 Å². The number of fused-ring (bicyclic) bond motifs is 1. The van der Waals surface area contributed by atoms with Gasteiger partial charge in [0.05, 0.1) is 29.3 Å². The van der Waals surface area contributed by atoms with Gasteiger partial charge in [0, 0.05) is 29.2 Å². The lowest BCUT2D eigenvalue weighted by Crippen LogP contribution is -2.15. The molecule has 33 heavy (non-hydrogen) atoms. The highest BCUT2D eigenvalue weighted by Gasteiger charge is 2.24. The lowest BCUT2D eigenvalue weighted by Gasteiger charge is -2.16. The number of hydrogen-bond acceptors (Lipinski definition) is 7. The van der Waals surface area contributed by atoms with E-state index in [0.717, 1.165) is 12.7 Å². The molecule has 3 heterocycles. The number of carbonyl (C=O) groups excluding carboxylic acids is 2. The molecule has 4 aromatic rings. The fourth-order valence-corrected chi connectivity index (χ4v) is 3.55. The van der Waals surface area contributed by atoms with Gasteiger partial charge >= 0.3 is 5.97 Å². The number of aromatic amines is 1. The van der Waals surface area contributed by atoms with Crippen molar-refractivity contribution in [2.24, 2.45) is 0 Å². The molecule has 0 amide bonds. The predicted molar refractivity (Wildman–Crippen MR) is 122 cm³/mol. The van der Waals surface area contributed by atoms with E-state index >= 15 is 0 Å². The van der Waals surface area contributed by atoms with E-state index in [1.54, 1.807) is 18.5 Å². The van der Waals surface area contributed by atoms with Crippen LogP contribution in [0.5, 0.6) is 0 Å². The Labute approximate surface area is 193 Å². The molecule has 0 bridgehead atoms. The highest BCUT2D eigenvalue weighted by molar-refractivity contribution is 6.43. The highest BCUT2D eigenvalue weighted by Crippen LogP contribution is 2.33. The number of nitrogens with one attached hydrogen (secondary N) is 2. The van der Waals surface area contributed by atoms with E-state index < -0.39 is 17.6 Å². The fraction of sp³-hybridized carbons (Fsp3) is 0.174. The maximum Gasteiger partial charge on any atom is 0.379 e. The number of rotatable bonds is 6. The van der Waals surface area contributed by atoms with Gasteiger partial charge < -0.3 is 15.0 Å². The molecule has 0 saturated heterocycles. The number of benzene rings is 1. The van der Waals surface area contributed by atoms with E-state index in [-0.39, 0.29) is 22.9 Å². The predicted octanol–water partition coefficient (Wildman–Crippen LogP) is 5.04. The first-order valence-corrected chi connectivity index (χ1v) is 10.4. The third kappa shape index (κ3) is 4.27. The monoisotopic (exact) mass is 467 g/mol. The van der Waals surface area contributed by atoms with Crippen molar-refractivity contribution in [1.82, 2.24) is 19.9 Å². The molecule has 4 rings (SSSR count).